The molecule has 4 heteroatoms. The maximum atomic E-state index is 9.11. The Bertz CT molecular complexity index is 333. The maximum absolute atomic E-state index is 9.11. The molecule has 0 bridgehead atoms. The van der Waals surface area contributed by atoms with Gasteiger partial charge in [0, 0.05) is 26.0 Å². The molecule has 0 amide bonds. The monoisotopic (exact) mass is 209 g/mol. The molecule has 0 aliphatic carbocycles. The molecule has 84 valence electrons. The Morgan fingerprint density at radius 3 is 3.00 bits per heavy atom. The molecule has 15 heavy (non-hydrogen) atoms. The summed E-state index contributed by atoms with van der Waals surface area (Å²) in [6.07, 6.45) is 2.85. The number of nitrogens with zero attached hydrogens (tertiary/aromatic N) is 3. The van der Waals surface area contributed by atoms with Crippen molar-refractivity contribution in [3.05, 3.63) is 11.6 Å². The fourth-order valence-electron chi connectivity index (χ4n) is 2.03. The van der Waals surface area contributed by atoms with Crippen LogP contribution in [0.15, 0.2) is 0 Å². The summed E-state index contributed by atoms with van der Waals surface area (Å²) in [7, 11) is 0. The van der Waals surface area contributed by atoms with Crippen LogP contribution in [0, 0.1) is 11.8 Å². The van der Waals surface area contributed by atoms with Gasteiger partial charge in [-0.2, -0.15) is 5.10 Å². The third-order valence-corrected chi connectivity index (χ3v) is 2.86. The first kappa shape index (κ1) is 10.6. The predicted octanol–water partition coefficient (Wildman–Crippen LogP) is 1.03. The van der Waals surface area contributed by atoms with Gasteiger partial charge < -0.3 is 5.11 Å². The highest BCUT2D eigenvalue weighted by Gasteiger charge is 2.21. The zero-order chi connectivity index (χ0) is 10.8. The lowest BCUT2D eigenvalue weighted by molar-refractivity contribution is 0.196. The largest absolute Gasteiger partial charge is 0.396 e. The summed E-state index contributed by atoms with van der Waals surface area (Å²) in [5.74, 6) is 2.99. The Kier molecular flexibility index (Phi) is 3.05. The molecule has 0 aromatic carbocycles. The number of aliphatic hydroxyl groups is 1. The van der Waals surface area contributed by atoms with Crippen LogP contribution in [-0.2, 0) is 19.4 Å². The van der Waals surface area contributed by atoms with Crippen LogP contribution < -0.4 is 0 Å². The molecular formula is C11H19N3O. The quantitative estimate of drug-likeness (QED) is 0.809. The molecule has 1 aromatic rings. The molecule has 0 spiro atoms. The van der Waals surface area contributed by atoms with Crippen LogP contribution in [0.25, 0.3) is 0 Å². The summed E-state index contributed by atoms with van der Waals surface area (Å²) in [6, 6.07) is 0. The Labute approximate surface area is 90.3 Å². The van der Waals surface area contributed by atoms with Crippen LogP contribution in [0.3, 0.4) is 0 Å². The molecule has 2 rings (SSSR count). The first-order valence-electron chi connectivity index (χ1n) is 5.72. The summed E-state index contributed by atoms with van der Waals surface area (Å²) in [6.45, 7) is 5.53. The highest BCUT2D eigenvalue weighted by Crippen LogP contribution is 2.18. The average molecular weight is 209 g/mol. The number of rotatable bonds is 3. The number of aromatic nitrogens is 3. The maximum Gasteiger partial charge on any atom is 0.151 e. The van der Waals surface area contributed by atoms with Gasteiger partial charge in [-0.3, -0.25) is 0 Å². The minimum absolute atomic E-state index is 0.270. The van der Waals surface area contributed by atoms with Gasteiger partial charge >= 0.3 is 0 Å². The first-order chi connectivity index (χ1) is 7.19. The van der Waals surface area contributed by atoms with Crippen molar-refractivity contribution in [2.75, 3.05) is 6.61 Å². The fraction of sp³-hybridized carbons (Fsp3) is 0.818. The molecule has 1 aromatic heterocycles. The number of fused-ring (bicyclic) bond motifs is 1. The van der Waals surface area contributed by atoms with Crippen LogP contribution in [0.1, 0.15) is 31.9 Å². The van der Waals surface area contributed by atoms with E-state index in [4.69, 9.17) is 5.11 Å². The topological polar surface area (TPSA) is 50.9 Å². The van der Waals surface area contributed by atoms with E-state index in [2.05, 4.69) is 23.9 Å². The van der Waals surface area contributed by atoms with E-state index in [0.29, 0.717) is 11.8 Å². The summed E-state index contributed by atoms with van der Waals surface area (Å²) in [5, 5.41) is 13.6. The Morgan fingerprint density at radius 1 is 1.53 bits per heavy atom. The number of hydrogen-bond acceptors (Lipinski definition) is 3. The molecule has 4 nitrogen and oxygen atoms in total. The average Bonchev–Trinajstić information content (AvgIpc) is 2.57. The second kappa shape index (κ2) is 4.31. The van der Waals surface area contributed by atoms with Gasteiger partial charge in [0.2, 0.25) is 0 Å². The third kappa shape index (κ3) is 2.37. The van der Waals surface area contributed by atoms with Crippen LogP contribution in [0.2, 0.25) is 0 Å². The van der Waals surface area contributed by atoms with Gasteiger partial charge in [0.1, 0.15) is 5.82 Å². The SMILES string of the molecule is CC(C)Cc1nc2n(n1)CCC(CO)C2. The zero-order valence-electron chi connectivity index (χ0n) is 9.48. The molecule has 1 unspecified atom stereocenters. The minimum atomic E-state index is 0.270. The van der Waals surface area contributed by atoms with E-state index in [1.807, 2.05) is 4.68 Å². The Balaban J connectivity index is 2.11. The fourth-order valence-corrected chi connectivity index (χ4v) is 2.03. The van der Waals surface area contributed by atoms with Gasteiger partial charge in [0.25, 0.3) is 0 Å². The third-order valence-electron chi connectivity index (χ3n) is 2.86. The van der Waals surface area contributed by atoms with Crippen molar-refractivity contribution >= 4 is 0 Å². The van der Waals surface area contributed by atoms with E-state index in [9.17, 15) is 0 Å². The van der Waals surface area contributed by atoms with E-state index in [-0.39, 0.29) is 6.61 Å². The summed E-state index contributed by atoms with van der Waals surface area (Å²) in [5.41, 5.74) is 0. The lowest BCUT2D eigenvalue weighted by Crippen LogP contribution is -2.22. The van der Waals surface area contributed by atoms with Crippen molar-refractivity contribution in [1.29, 1.82) is 0 Å². The van der Waals surface area contributed by atoms with Gasteiger partial charge in [0.15, 0.2) is 5.82 Å². The van der Waals surface area contributed by atoms with Crippen LogP contribution >= 0.6 is 0 Å². The summed E-state index contributed by atoms with van der Waals surface area (Å²) < 4.78 is 2.00. The van der Waals surface area contributed by atoms with Gasteiger partial charge in [-0.25, -0.2) is 9.67 Å². The van der Waals surface area contributed by atoms with Crippen molar-refractivity contribution < 1.29 is 5.11 Å². The lowest BCUT2D eigenvalue weighted by Gasteiger charge is -2.19. The molecule has 0 saturated heterocycles. The molecule has 1 atom stereocenters. The number of aryl methyl sites for hydroxylation is 1. The Hall–Kier alpha value is -0.900. The summed E-state index contributed by atoms with van der Waals surface area (Å²) in [4.78, 5) is 4.53. The second-order valence-corrected chi connectivity index (χ2v) is 4.81. The van der Waals surface area contributed by atoms with Crippen LogP contribution in [0.5, 0.6) is 0 Å². The standard InChI is InChI=1S/C11H19N3O/c1-8(2)5-10-12-11-6-9(7-15)3-4-14(11)13-10/h8-9,15H,3-7H2,1-2H3. The van der Waals surface area contributed by atoms with Crippen molar-refractivity contribution in [2.45, 2.75) is 39.7 Å². The summed E-state index contributed by atoms with van der Waals surface area (Å²) >= 11 is 0. The molecule has 2 heterocycles. The lowest BCUT2D eigenvalue weighted by atomic mass is 9.99. The van der Waals surface area contributed by atoms with Gasteiger partial charge in [-0.1, -0.05) is 13.8 Å². The molecule has 0 fully saturated rings. The highest BCUT2D eigenvalue weighted by atomic mass is 16.3. The molecule has 0 radical (unpaired) electrons. The smallest absolute Gasteiger partial charge is 0.151 e. The van der Waals surface area contributed by atoms with Crippen molar-refractivity contribution in [3.8, 4) is 0 Å². The van der Waals surface area contributed by atoms with Crippen LogP contribution in [0.4, 0.5) is 0 Å². The molecular weight excluding hydrogens is 190 g/mol. The van der Waals surface area contributed by atoms with Gasteiger partial charge in [-0.15, -0.1) is 0 Å². The van der Waals surface area contributed by atoms with E-state index in [1.54, 1.807) is 0 Å². The Morgan fingerprint density at radius 2 is 2.33 bits per heavy atom. The minimum Gasteiger partial charge on any atom is -0.396 e. The van der Waals surface area contributed by atoms with E-state index < -0.39 is 0 Å². The van der Waals surface area contributed by atoms with Gasteiger partial charge in [0.05, 0.1) is 0 Å². The van der Waals surface area contributed by atoms with E-state index in [0.717, 1.165) is 37.5 Å². The van der Waals surface area contributed by atoms with Crippen LogP contribution in [-0.4, -0.2) is 26.5 Å². The molecule has 1 aliphatic rings. The van der Waals surface area contributed by atoms with Crippen molar-refractivity contribution in [1.82, 2.24) is 14.8 Å². The van der Waals surface area contributed by atoms with Crippen molar-refractivity contribution in [2.24, 2.45) is 11.8 Å². The predicted molar refractivity (Wildman–Crippen MR) is 57.5 cm³/mol. The second-order valence-electron chi connectivity index (χ2n) is 4.81. The molecule has 1 N–H and O–H groups in total. The van der Waals surface area contributed by atoms with E-state index >= 15 is 0 Å². The van der Waals surface area contributed by atoms with Gasteiger partial charge in [-0.05, 0) is 18.3 Å². The number of aliphatic hydroxyl groups excluding tert-OH is 1. The molecule has 0 saturated carbocycles. The number of hydrogen-bond donors (Lipinski definition) is 1. The first-order valence-corrected chi connectivity index (χ1v) is 5.72. The molecule has 1 aliphatic heterocycles. The van der Waals surface area contributed by atoms with Crippen molar-refractivity contribution in [3.63, 3.8) is 0 Å². The van der Waals surface area contributed by atoms with E-state index in [1.165, 1.54) is 0 Å². The highest BCUT2D eigenvalue weighted by molar-refractivity contribution is 4.98. The zero-order valence-corrected chi connectivity index (χ0v) is 9.48. The normalized spacial score (nSPS) is 20.7.